The van der Waals surface area contributed by atoms with Crippen LogP contribution in [0.1, 0.15) is 13.8 Å². The Morgan fingerprint density at radius 2 is 2.06 bits per heavy atom. The fourth-order valence-corrected chi connectivity index (χ4v) is 2.14. The number of aliphatic carboxylic acids is 1. The Balaban J connectivity index is 2.27. The molecule has 0 saturated carbocycles. The van der Waals surface area contributed by atoms with Crippen LogP contribution in [0.25, 0.3) is 0 Å². The van der Waals surface area contributed by atoms with Crippen molar-refractivity contribution >= 4 is 5.97 Å². The minimum atomic E-state index is -2.53. The Labute approximate surface area is 103 Å². The van der Waals surface area contributed by atoms with Crippen LogP contribution in [0.2, 0.25) is 0 Å². The molecule has 8 nitrogen and oxygen atoms in total. The predicted molar refractivity (Wildman–Crippen MR) is 54.3 cm³/mol. The van der Waals surface area contributed by atoms with Gasteiger partial charge in [-0.05, 0) is 13.8 Å². The molecule has 0 aromatic heterocycles. The van der Waals surface area contributed by atoms with Gasteiger partial charge in [-0.15, -0.1) is 0 Å². The van der Waals surface area contributed by atoms with Crippen LogP contribution in [0.15, 0.2) is 0 Å². The second kappa shape index (κ2) is 4.41. The summed E-state index contributed by atoms with van der Waals surface area (Å²) < 4.78 is 20.6. The van der Waals surface area contributed by atoms with E-state index in [-0.39, 0.29) is 13.4 Å². The number of carboxylic acids is 1. The lowest BCUT2D eigenvalue weighted by atomic mass is 10.0. The van der Waals surface area contributed by atoms with Crippen LogP contribution < -0.4 is 0 Å². The van der Waals surface area contributed by atoms with E-state index in [2.05, 4.69) is 0 Å². The molecule has 18 heavy (non-hydrogen) atoms. The average Bonchev–Trinajstić information content (AvgIpc) is 2.80. The van der Waals surface area contributed by atoms with Gasteiger partial charge in [0.2, 0.25) is 0 Å². The average molecular weight is 264 g/mol. The maximum atomic E-state index is 11.2. The van der Waals surface area contributed by atoms with Gasteiger partial charge in [0.15, 0.2) is 11.9 Å². The molecule has 8 heteroatoms. The molecule has 3 N–H and O–H groups in total. The van der Waals surface area contributed by atoms with Crippen LogP contribution in [0.5, 0.6) is 0 Å². The second-order valence-corrected chi connectivity index (χ2v) is 4.68. The molecule has 2 aliphatic rings. The van der Waals surface area contributed by atoms with Gasteiger partial charge in [-0.3, -0.25) is 0 Å². The van der Waals surface area contributed by atoms with Crippen molar-refractivity contribution in [3.05, 3.63) is 0 Å². The molecule has 0 radical (unpaired) electrons. The summed E-state index contributed by atoms with van der Waals surface area (Å²) in [4.78, 5) is 11.2. The highest BCUT2D eigenvalue weighted by Crippen LogP contribution is 2.39. The molecule has 2 rings (SSSR count). The molecule has 0 unspecified atom stereocenters. The lowest BCUT2D eigenvalue weighted by Crippen LogP contribution is -2.55. The quantitative estimate of drug-likeness (QED) is 0.573. The lowest BCUT2D eigenvalue weighted by Gasteiger charge is -2.27. The van der Waals surface area contributed by atoms with Gasteiger partial charge in [-0.1, -0.05) is 0 Å². The van der Waals surface area contributed by atoms with Crippen LogP contribution >= 0.6 is 0 Å². The van der Waals surface area contributed by atoms with E-state index < -0.39 is 35.9 Å². The predicted octanol–water partition coefficient (Wildman–Crippen LogP) is -1.36. The van der Waals surface area contributed by atoms with Gasteiger partial charge in [-0.25, -0.2) is 4.79 Å². The molecule has 2 heterocycles. The van der Waals surface area contributed by atoms with Crippen molar-refractivity contribution in [1.82, 2.24) is 0 Å². The molecule has 0 aliphatic carbocycles. The number of hydrogen-bond acceptors (Lipinski definition) is 7. The van der Waals surface area contributed by atoms with E-state index in [0.717, 1.165) is 0 Å². The third-order valence-electron chi connectivity index (χ3n) is 2.89. The zero-order valence-electron chi connectivity index (χ0n) is 10.0. The number of carboxylic acid groups (broad SMARTS) is 1. The summed E-state index contributed by atoms with van der Waals surface area (Å²) in [5.41, 5.74) is 0. The normalized spacial score (nSPS) is 43.2. The molecule has 2 saturated heterocycles. The highest BCUT2D eigenvalue weighted by molar-refractivity contribution is 5.76. The third-order valence-corrected chi connectivity index (χ3v) is 2.89. The first-order chi connectivity index (χ1) is 8.30. The number of ether oxygens (including phenoxy) is 4. The second-order valence-electron chi connectivity index (χ2n) is 4.68. The lowest BCUT2D eigenvalue weighted by molar-refractivity contribution is -0.241. The van der Waals surface area contributed by atoms with E-state index in [4.69, 9.17) is 29.2 Å². The molecular weight excluding hydrogens is 248 g/mol. The Morgan fingerprint density at radius 3 is 2.61 bits per heavy atom. The molecular formula is C10H16O8. The zero-order chi connectivity index (χ0) is 13.6. The van der Waals surface area contributed by atoms with E-state index in [0.29, 0.717) is 0 Å². The monoisotopic (exact) mass is 264 g/mol. The fraction of sp³-hybridized carbons (Fsp3) is 0.900. The molecule has 0 aromatic carbocycles. The smallest absolute Gasteiger partial charge is 0.367 e. The fourth-order valence-electron chi connectivity index (χ4n) is 2.14. The number of carbonyl (C=O) groups is 1. The molecule has 0 aromatic rings. The van der Waals surface area contributed by atoms with Crippen molar-refractivity contribution in [3.8, 4) is 0 Å². The minimum absolute atomic E-state index is 0.105. The van der Waals surface area contributed by atoms with E-state index in [1.165, 1.54) is 13.8 Å². The number of aliphatic hydroxyl groups is 2. The van der Waals surface area contributed by atoms with Crippen LogP contribution in [-0.4, -0.2) is 64.6 Å². The van der Waals surface area contributed by atoms with Crippen molar-refractivity contribution in [1.29, 1.82) is 0 Å². The largest absolute Gasteiger partial charge is 0.477 e. The molecule has 0 bridgehead atoms. The van der Waals surface area contributed by atoms with Crippen molar-refractivity contribution < 1.29 is 39.1 Å². The number of rotatable bonds is 3. The minimum Gasteiger partial charge on any atom is -0.477 e. The Hall–Kier alpha value is -0.770. The van der Waals surface area contributed by atoms with Crippen molar-refractivity contribution in [2.75, 3.05) is 13.4 Å². The van der Waals surface area contributed by atoms with Gasteiger partial charge in [0.25, 0.3) is 5.79 Å². The van der Waals surface area contributed by atoms with E-state index >= 15 is 0 Å². The highest BCUT2D eigenvalue weighted by atomic mass is 16.8. The van der Waals surface area contributed by atoms with E-state index in [9.17, 15) is 9.90 Å². The van der Waals surface area contributed by atoms with Gasteiger partial charge >= 0.3 is 5.97 Å². The van der Waals surface area contributed by atoms with Crippen LogP contribution in [0, 0.1) is 0 Å². The first kappa shape index (κ1) is 13.7. The van der Waals surface area contributed by atoms with Crippen LogP contribution in [0.3, 0.4) is 0 Å². The summed E-state index contributed by atoms with van der Waals surface area (Å²) in [7, 11) is 0. The summed E-state index contributed by atoms with van der Waals surface area (Å²) in [6.45, 7) is 2.47. The van der Waals surface area contributed by atoms with Crippen molar-refractivity contribution in [3.63, 3.8) is 0 Å². The topological polar surface area (TPSA) is 115 Å². The zero-order valence-corrected chi connectivity index (χ0v) is 10.0. The van der Waals surface area contributed by atoms with Crippen LogP contribution in [-0.2, 0) is 23.7 Å². The summed E-state index contributed by atoms with van der Waals surface area (Å²) in [5.74, 6) is -5.38. The molecule has 2 fully saturated rings. The maximum absolute atomic E-state index is 11.2. The molecule has 104 valence electrons. The molecule has 0 spiro atoms. The number of aliphatic hydroxyl groups excluding tert-OH is 1. The summed E-state index contributed by atoms with van der Waals surface area (Å²) in [5, 5.41) is 28.3. The van der Waals surface area contributed by atoms with E-state index in [1.807, 2.05) is 0 Å². The first-order valence-electron chi connectivity index (χ1n) is 5.48. The van der Waals surface area contributed by atoms with Gasteiger partial charge in [-0.2, -0.15) is 0 Å². The summed E-state index contributed by atoms with van der Waals surface area (Å²) in [6, 6.07) is 0. The van der Waals surface area contributed by atoms with Crippen LogP contribution in [0.4, 0.5) is 0 Å². The Morgan fingerprint density at radius 1 is 1.39 bits per heavy atom. The summed E-state index contributed by atoms with van der Waals surface area (Å²) in [6.07, 6.45) is -2.97. The van der Waals surface area contributed by atoms with Gasteiger partial charge in [0.05, 0.1) is 6.61 Å². The maximum Gasteiger partial charge on any atom is 0.367 e. The Bertz CT molecular complexity index is 343. The van der Waals surface area contributed by atoms with E-state index in [1.54, 1.807) is 0 Å². The summed E-state index contributed by atoms with van der Waals surface area (Å²) >= 11 is 0. The molecule has 4 atom stereocenters. The van der Waals surface area contributed by atoms with Crippen molar-refractivity contribution in [2.45, 2.75) is 43.7 Å². The Kier molecular flexibility index (Phi) is 3.34. The van der Waals surface area contributed by atoms with Gasteiger partial charge in [0.1, 0.15) is 19.0 Å². The third kappa shape index (κ3) is 2.11. The highest BCUT2D eigenvalue weighted by Gasteiger charge is 2.63. The number of hydrogen-bond donors (Lipinski definition) is 3. The SMILES string of the molecule is CC1(C)O[C@@H]([C@@H]2OCO[C@@H]2CO)[C@](O)(C(=O)O)O1. The standard InChI is InChI=1S/C10H16O8/c1-9(2)17-7(10(14,18-9)8(12)13)6-5(3-11)15-4-16-6/h5-7,11,14H,3-4H2,1-2H3,(H,12,13)/t5-,6-,7+,10-/m1/s1. The molecule has 2 aliphatic heterocycles. The van der Waals surface area contributed by atoms with Crippen molar-refractivity contribution in [2.24, 2.45) is 0 Å². The van der Waals surface area contributed by atoms with Gasteiger partial charge < -0.3 is 34.3 Å². The molecule has 0 amide bonds. The first-order valence-corrected chi connectivity index (χ1v) is 5.48. The van der Waals surface area contributed by atoms with Gasteiger partial charge in [0, 0.05) is 0 Å².